The fourth-order valence-corrected chi connectivity index (χ4v) is 3.26. The maximum atomic E-state index is 12.5. The number of hydrogen-bond donors (Lipinski definition) is 2. The van der Waals surface area contributed by atoms with E-state index in [0.717, 1.165) is 5.56 Å². The van der Waals surface area contributed by atoms with Crippen molar-refractivity contribution in [3.05, 3.63) is 59.7 Å². The molecule has 0 aliphatic carbocycles. The summed E-state index contributed by atoms with van der Waals surface area (Å²) in [6, 6.07) is 11.7. The van der Waals surface area contributed by atoms with E-state index in [9.17, 15) is 13.2 Å². The minimum atomic E-state index is -3.56. The van der Waals surface area contributed by atoms with Gasteiger partial charge in [-0.25, -0.2) is 8.42 Å². The van der Waals surface area contributed by atoms with Crippen LogP contribution in [-0.2, 0) is 25.8 Å². The Labute approximate surface area is 157 Å². The topological polar surface area (TPSA) is 115 Å². The minimum Gasteiger partial charge on any atom is -0.480 e. The molecule has 0 spiro atoms. The molecule has 3 N–H and O–H groups in total. The predicted molar refractivity (Wildman–Crippen MR) is 99.2 cm³/mol. The summed E-state index contributed by atoms with van der Waals surface area (Å²) in [5.74, 6) is -0.976. The maximum absolute atomic E-state index is 12.5. The second kappa shape index (κ2) is 10.1. The van der Waals surface area contributed by atoms with E-state index in [-0.39, 0.29) is 22.1 Å². The summed E-state index contributed by atoms with van der Waals surface area (Å²) in [6.07, 6.45) is 0.793. The summed E-state index contributed by atoms with van der Waals surface area (Å²) in [4.78, 5) is 20.2. The van der Waals surface area contributed by atoms with Gasteiger partial charge < -0.3 is 15.6 Å². The molecule has 0 bridgehead atoms. The molecule has 8 heteroatoms. The lowest BCUT2D eigenvalue weighted by Gasteiger charge is -2.08. The Kier molecular flexibility index (Phi) is 8.44. The van der Waals surface area contributed by atoms with Crippen LogP contribution in [0, 0.1) is 6.92 Å². The highest BCUT2D eigenvalue weighted by Crippen LogP contribution is 2.21. The van der Waals surface area contributed by atoms with Crippen LogP contribution in [0.25, 0.3) is 0 Å². The first kappa shape index (κ1) is 21.8. The fourth-order valence-electron chi connectivity index (χ4n) is 2.00. The predicted octanol–water partition coefficient (Wildman–Crippen LogP) is 2.21. The molecule has 0 fully saturated rings. The SMILES string of the molecule is Cc1ccc(S(=O)(=O)c2ccc(C[C@H](N)C(=O)O)cc2)cc1.O=CCCl. The van der Waals surface area contributed by atoms with Crippen LogP contribution in [0.15, 0.2) is 58.3 Å². The van der Waals surface area contributed by atoms with E-state index >= 15 is 0 Å². The summed E-state index contributed by atoms with van der Waals surface area (Å²) in [6.45, 7) is 1.89. The van der Waals surface area contributed by atoms with Crippen LogP contribution in [0.4, 0.5) is 0 Å². The average molecular weight is 398 g/mol. The van der Waals surface area contributed by atoms with Gasteiger partial charge in [0.1, 0.15) is 12.3 Å². The summed E-state index contributed by atoms with van der Waals surface area (Å²) in [7, 11) is -3.56. The van der Waals surface area contributed by atoms with Gasteiger partial charge in [0.15, 0.2) is 0 Å². The van der Waals surface area contributed by atoms with E-state index in [1.54, 1.807) is 36.4 Å². The van der Waals surface area contributed by atoms with Gasteiger partial charge in [-0.2, -0.15) is 0 Å². The van der Waals surface area contributed by atoms with Gasteiger partial charge in [-0.05, 0) is 43.2 Å². The second-order valence-corrected chi connectivity index (χ2v) is 7.69. The molecule has 0 unspecified atom stereocenters. The number of alkyl halides is 1. The number of carboxylic acids is 1. The van der Waals surface area contributed by atoms with Gasteiger partial charge in [0, 0.05) is 0 Å². The molecule has 26 heavy (non-hydrogen) atoms. The Bertz CT molecular complexity index is 833. The molecule has 0 saturated carbocycles. The molecule has 0 amide bonds. The molecule has 0 aliphatic rings. The number of rotatable bonds is 6. The van der Waals surface area contributed by atoms with Crippen LogP contribution < -0.4 is 5.73 Å². The van der Waals surface area contributed by atoms with Crippen molar-refractivity contribution < 1.29 is 23.1 Å². The zero-order valence-corrected chi connectivity index (χ0v) is 15.7. The van der Waals surface area contributed by atoms with E-state index in [1.807, 2.05) is 6.92 Å². The van der Waals surface area contributed by atoms with Gasteiger partial charge in [-0.1, -0.05) is 29.8 Å². The first-order chi connectivity index (χ1) is 12.2. The Hall–Kier alpha value is -2.22. The number of hydrogen-bond acceptors (Lipinski definition) is 5. The van der Waals surface area contributed by atoms with E-state index < -0.39 is 21.8 Å². The van der Waals surface area contributed by atoms with Crippen molar-refractivity contribution in [2.75, 3.05) is 5.88 Å². The average Bonchev–Trinajstić information content (AvgIpc) is 2.62. The molecule has 140 valence electrons. The molecular weight excluding hydrogens is 378 g/mol. The molecule has 1 atom stereocenters. The van der Waals surface area contributed by atoms with E-state index in [0.29, 0.717) is 11.8 Å². The number of benzene rings is 2. The molecule has 0 heterocycles. The molecule has 2 aromatic carbocycles. The first-order valence-corrected chi connectivity index (χ1v) is 9.62. The van der Waals surface area contributed by atoms with Gasteiger partial charge >= 0.3 is 5.97 Å². The Morgan fingerprint density at radius 1 is 1.12 bits per heavy atom. The number of carboxylic acid groups (broad SMARTS) is 1. The van der Waals surface area contributed by atoms with Gasteiger partial charge in [-0.3, -0.25) is 4.79 Å². The van der Waals surface area contributed by atoms with Gasteiger partial charge in [-0.15, -0.1) is 11.6 Å². The molecule has 0 saturated heterocycles. The van der Waals surface area contributed by atoms with Crippen molar-refractivity contribution in [3.63, 3.8) is 0 Å². The number of halogens is 1. The molecule has 6 nitrogen and oxygen atoms in total. The number of carbonyl (C=O) groups excluding carboxylic acids is 1. The van der Waals surface area contributed by atoms with Crippen molar-refractivity contribution in [1.29, 1.82) is 0 Å². The number of nitrogens with two attached hydrogens (primary N) is 1. The maximum Gasteiger partial charge on any atom is 0.320 e. The molecule has 0 aliphatic heterocycles. The third kappa shape index (κ3) is 6.25. The third-order valence-corrected chi connectivity index (χ3v) is 5.31. The molecular formula is C18H20ClNO5S. The number of carbonyl (C=O) groups is 2. The fraction of sp³-hybridized carbons (Fsp3) is 0.222. The normalized spacial score (nSPS) is 11.8. The highest BCUT2D eigenvalue weighted by Gasteiger charge is 2.18. The quantitative estimate of drug-likeness (QED) is 0.570. The highest BCUT2D eigenvalue weighted by molar-refractivity contribution is 7.91. The summed E-state index contributed by atoms with van der Waals surface area (Å²) < 4.78 is 24.9. The zero-order valence-electron chi connectivity index (χ0n) is 14.1. The second-order valence-electron chi connectivity index (χ2n) is 5.43. The molecule has 0 radical (unpaired) electrons. The third-order valence-electron chi connectivity index (χ3n) is 3.40. The van der Waals surface area contributed by atoms with Crippen LogP contribution in [0.1, 0.15) is 11.1 Å². The smallest absolute Gasteiger partial charge is 0.320 e. The number of aldehydes is 1. The minimum absolute atomic E-state index is 0.111. The Morgan fingerprint density at radius 3 is 1.92 bits per heavy atom. The van der Waals surface area contributed by atoms with Crippen LogP contribution in [0.3, 0.4) is 0 Å². The van der Waals surface area contributed by atoms with Crippen molar-refractivity contribution in [2.45, 2.75) is 29.2 Å². The van der Waals surface area contributed by atoms with Crippen LogP contribution >= 0.6 is 11.6 Å². The highest BCUT2D eigenvalue weighted by atomic mass is 35.5. The lowest BCUT2D eigenvalue weighted by Crippen LogP contribution is -2.32. The molecule has 2 rings (SSSR count). The Morgan fingerprint density at radius 2 is 1.54 bits per heavy atom. The standard InChI is InChI=1S/C16H17NO4S.C2H3ClO/c1-11-2-6-13(7-3-11)22(20,21)14-8-4-12(5-9-14)10-15(17)16(18)19;3-1-2-4/h2-9,15H,10,17H2,1H3,(H,18,19);2H,1H2/t15-;/m0./s1. The summed E-state index contributed by atoms with van der Waals surface area (Å²) in [5.41, 5.74) is 7.12. The monoisotopic (exact) mass is 397 g/mol. The summed E-state index contributed by atoms with van der Waals surface area (Å²) >= 11 is 4.82. The van der Waals surface area contributed by atoms with Crippen LogP contribution in [0.2, 0.25) is 0 Å². The lowest BCUT2D eigenvalue weighted by molar-refractivity contribution is -0.138. The van der Waals surface area contributed by atoms with E-state index in [1.165, 1.54) is 12.1 Å². The van der Waals surface area contributed by atoms with E-state index in [2.05, 4.69) is 0 Å². The first-order valence-electron chi connectivity index (χ1n) is 7.61. The number of sulfone groups is 1. The van der Waals surface area contributed by atoms with Gasteiger partial charge in [0.25, 0.3) is 0 Å². The largest absolute Gasteiger partial charge is 0.480 e. The van der Waals surface area contributed by atoms with Crippen LogP contribution in [0.5, 0.6) is 0 Å². The van der Waals surface area contributed by atoms with Gasteiger partial charge in [0.05, 0.1) is 15.7 Å². The lowest BCUT2D eigenvalue weighted by atomic mass is 10.1. The van der Waals surface area contributed by atoms with E-state index in [4.69, 9.17) is 27.2 Å². The zero-order chi connectivity index (χ0) is 19.7. The number of aryl methyl sites for hydroxylation is 1. The molecule has 0 aromatic heterocycles. The van der Waals surface area contributed by atoms with Crippen molar-refractivity contribution in [3.8, 4) is 0 Å². The van der Waals surface area contributed by atoms with Crippen molar-refractivity contribution in [2.24, 2.45) is 5.73 Å². The Balaban J connectivity index is 0.000000765. The van der Waals surface area contributed by atoms with Gasteiger partial charge in [0.2, 0.25) is 9.84 Å². The molecule has 2 aromatic rings. The van der Waals surface area contributed by atoms with Crippen molar-refractivity contribution in [1.82, 2.24) is 0 Å². The summed E-state index contributed by atoms with van der Waals surface area (Å²) in [5, 5.41) is 8.78. The van der Waals surface area contributed by atoms with Crippen molar-refractivity contribution >= 4 is 33.7 Å². The van der Waals surface area contributed by atoms with Crippen LogP contribution in [-0.4, -0.2) is 37.7 Å². The number of aliphatic carboxylic acids is 1.